The number of likely N-dealkylation sites (N-methyl/N-ethyl adjacent to an activating group) is 1. The molecule has 1 N–H and O–H groups in total. The summed E-state index contributed by atoms with van der Waals surface area (Å²) < 4.78 is 6.44. The van der Waals surface area contributed by atoms with Crippen molar-refractivity contribution in [2.45, 2.75) is 83.7 Å². The molecule has 0 heterocycles. The lowest BCUT2D eigenvalue weighted by atomic mass is 9.77. The van der Waals surface area contributed by atoms with Gasteiger partial charge in [0.25, 0.3) is 0 Å². The van der Waals surface area contributed by atoms with Crippen LogP contribution in [0.15, 0.2) is 0 Å². The average Bonchev–Trinajstić information content (AvgIpc) is 2.42. The van der Waals surface area contributed by atoms with E-state index < -0.39 is 0 Å². The molecule has 2 rings (SSSR count). The molecule has 20 heavy (non-hydrogen) atoms. The molecule has 2 saturated carbocycles. The number of rotatable bonds is 9. The van der Waals surface area contributed by atoms with Crippen LogP contribution in [0.3, 0.4) is 0 Å². The molecule has 0 bridgehead atoms. The quantitative estimate of drug-likeness (QED) is 0.670. The maximum Gasteiger partial charge on any atom is 0.0806 e. The van der Waals surface area contributed by atoms with Crippen LogP contribution in [-0.4, -0.2) is 25.3 Å². The molecule has 0 amide bonds. The van der Waals surface area contributed by atoms with Crippen LogP contribution >= 0.6 is 0 Å². The first-order valence-corrected chi connectivity index (χ1v) is 9.12. The standard InChI is InChI=1S/C18H35NO/c1-3-6-16-9-12-18(13-10-16,15-19-4-2)20-14-11-17-7-5-8-17/h16-17,19H,3-15H2,1-2H3. The number of hydrogen-bond acceptors (Lipinski definition) is 2. The third-order valence-electron chi connectivity index (χ3n) is 5.57. The molecule has 0 saturated heterocycles. The van der Waals surface area contributed by atoms with Crippen molar-refractivity contribution in [1.82, 2.24) is 5.32 Å². The lowest BCUT2D eigenvalue weighted by molar-refractivity contribution is -0.0823. The zero-order valence-electron chi connectivity index (χ0n) is 13.8. The van der Waals surface area contributed by atoms with Crippen molar-refractivity contribution < 1.29 is 4.74 Å². The third-order valence-corrected chi connectivity index (χ3v) is 5.57. The highest BCUT2D eigenvalue weighted by Gasteiger charge is 2.35. The molecule has 118 valence electrons. The number of ether oxygens (including phenoxy) is 1. The Labute approximate surface area is 126 Å². The van der Waals surface area contributed by atoms with Crippen molar-refractivity contribution in [3.8, 4) is 0 Å². The smallest absolute Gasteiger partial charge is 0.0806 e. The summed E-state index contributed by atoms with van der Waals surface area (Å²) in [5.74, 6) is 1.94. The molecule has 0 radical (unpaired) electrons. The van der Waals surface area contributed by atoms with E-state index in [1.165, 1.54) is 64.2 Å². The first-order chi connectivity index (χ1) is 9.78. The van der Waals surface area contributed by atoms with Crippen LogP contribution in [0.2, 0.25) is 0 Å². The Morgan fingerprint density at radius 2 is 1.70 bits per heavy atom. The van der Waals surface area contributed by atoms with Crippen molar-refractivity contribution in [2.24, 2.45) is 11.8 Å². The highest BCUT2D eigenvalue weighted by Crippen LogP contribution is 2.37. The van der Waals surface area contributed by atoms with Gasteiger partial charge >= 0.3 is 0 Å². The van der Waals surface area contributed by atoms with E-state index >= 15 is 0 Å². The van der Waals surface area contributed by atoms with Crippen LogP contribution in [0.5, 0.6) is 0 Å². The van der Waals surface area contributed by atoms with Crippen LogP contribution < -0.4 is 5.32 Å². The van der Waals surface area contributed by atoms with Gasteiger partial charge in [0, 0.05) is 13.2 Å². The minimum atomic E-state index is 0.157. The average molecular weight is 281 g/mol. The van der Waals surface area contributed by atoms with Gasteiger partial charge in [0.1, 0.15) is 0 Å². The molecular formula is C18H35NO. The van der Waals surface area contributed by atoms with E-state index in [4.69, 9.17) is 4.74 Å². The van der Waals surface area contributed by atoms with E-state index in [1.807, 2.05) is 0 Å². The predicted molar refractivity (Wildman–Crippen MR) is 86.1 cm³/mol. The molecule has 2 fully saturated rings. The largest absolute Gasteiger partial charge is 0.374 e. The van der Waals surface area contributed by atoms with Gasteiger partial charge in [-0.3, -0.25) is 0 Å². The normalized spacial score (nSPS) is 31.2. The summed E-state index contributed by atoms with van der Waals surface area (Å²) in [5, 5.41) is 3.55. The fraction of sp³-hybridized carbons (Fsp3) is 1.00. The van der Waals surface area contributed by atoms with E-state index in [-0.39, 0.29) is 5.60 Å². The molecule has 0 unspecified atom stereocenters. The first kappa shape index (κ1) is 16.3. The van der Waals surface area contributed by atoms with E-state index in [1.54, 1.807) is 0 Å². The van der Waals surface area contributed by atoms with E-state index in [9.17, 15) is 0 Å². The fourth-order valence-electron chi connectivity index (χ4n) is 3.85. The second-order valence-electron chi connectivity index (χ2n) is 7.13. The molecule has 0 aromatic heterocycles. The Bertz CT molecular complexity index is 254. The van der Waals surface area contributed by atoms with E-state index in [0.717, 1.165) is 31.5 Å². The van der Waals surface area contributed by atoms with Crippen molar-refractivity contribution in [3.63, 3.8) is 0 Å². The Hall–Kier alpha value is -0.0800. The highest BCUT2D eigenvalue weighted by molar-refractivity contribution is 4.89. The molecule has 2 nitrogen and oxygen atoms in total. The van der Waals surface area contributed by atoms with Crippen LogP contribution in [0.1, 0.15) is 78.1 Å². The van der Waals surface area contributed by atoms with E-state index in [2.05, 4.69) is 19.2 Å². The van der Waals surface area contributed by atoms with Crippen molar-refractivity contribution >= 4 is 0 Å². The minimum absolute atomic E-state index is 0.157. The van der Waals surface area contributed by atoms with Crippen LogP contribution in [-0.2, 0) is 4.74 Å². The minimum Gasteiger partial charge on any atom is -0.374 e. The first-order valence-electron chi connectivity index (χ1n) is 9.12. The topological polar surface area (TPSA) is 21.3 Å². The molecule has 2 aliphatic rings. The lowest BCUT2D eigenvalue weighted by Crippen LogP contribution is -2.46. The van der Waals surface area contributed by atoms with Gasteiger partial charge in [-0.2, -0.15) is 0 Å². The third kappa shape index (κ3) is 4.73. The summed E-state index contributed by atoms with van der Waals surface area (Å²) in [6.45, 7) is 7.63. The van der Waals surface area contributed by atoms with Gasteiger partial charge < -0.3 is 10.1 Å². The molecule has 0 aromatic rings. The zero-order chi connectivity index (χ0) is 14.3. The van der Waals surface area contributed by atoms with Gasteiger partial charge in [0.2, 0.25) is 0 Å². The van der Waals surface area contributed by atoms with Gasteiger partial charge in [-0.1, -0.05) is 46.0 Å². The SMILES string of the molecule is CCCC1CCC(CNCC)(OCCC2CCC2)CC1. The summed E-state index contributed by atoms with van der Waals surface area (Å²) in [7, 11) is 0. The van der Waals surface area contributed by atoms with Crippen LogP contribution in [0.4, 0.5) is 0 Å². The zero-order valence-corrected chi connectivity index (χ0v) is 13.8. The number of nitrogens with one attached hydrogen (secondary N) is 1. The highest BCUT2D eigenvalue weighted by atomic mass is 16.5. The Kier molecular flexibility index (Phi) is 6.83. The molecular weight excluding hydrogens is 246 g/mol. The van der Waals surface area contributed by atoms with E-state index in [0.29, 0.717) is 0 Å². The molecule has 0 aliphatic heterocycles. The second-order valence-corrected chi connectivity index (χ2v) is 7.13. The monoisotopic (exact) mass is 281 g/mol. The summed E-state index contributed by atoms with van der Waals surface area (Å²) in [5.41, 5.74) is 0.157. The molecule has 0 atom stereocenters. The molecule has 0 aromatic carbocycles. The van der Waals surface area contributed by atoms with Gasteiger partial charge in [-0.15, -0.1) is 0 Å². The lowest BCUT2D eigenvalue weighted by Gasteiger charge is -2.41. The van der Waals surface area contributed by atoms with Crippen molar-refractivity contribution in [1.29, 1.82) is 0 Å². The van der Waals surface area contributed by atoms with Gasteiger partial charge in [-0.05, 0) is 50.5 Å². The molecule has 2 aliphatic carbocycles. The maximum absolute atomic E-state index is 6.44. The maximum atomic E-state index is 6.44. The van der Waals surface area contributed by atoms with Gasteiger partial charge in [0.05, 0.1) is 5.60 Å². The summed E-state index contributed by atoms with van der Waals surface area (Å²) >= 11 is 0. The predicted octanol–water partition coefficient (Wildman–Crippen LogP) is 4.53. The second kappa shape index (κ2) is 8.38. The summed E-state index contributed by atoms with van der Waals surface area (Å²) in [4.78, 5) is 0. The fourth-order valence-corrected chi connectivity index (χ4v) is 3.85. The number of hydrogen-bond donors (Lipinski definition) is 1. The van der Waals surface area contributed by atoms with Crippen molar-refractivity contribution in [2.75, 3.05) is 19.7 Å². The van der Waals surface area contributed by atoms with Crippen molar-refractivity contribution in [3.05, 3.63) is 0 Å². The Balaban J connectivity index is 1.75. The van der Waals surface area contributed by atoms with Crippen LogP contribution in [0, 0.1) is 11.8 Å². The van der Waals surface area contributed by atoms with Crippen LogP contribution in [0.25, 0.3) is 0 Å². The molecule has 2 heteroatoms. The van der Waals surface area contributed by atoms with Gasteiger partial charge in [0.15, 0.2) is 0 Å². The molecule has 0 spiro atoms. The van der Waals surface area contributed by atoms with Gasteiger partial charge in [-0.25, -0.2) is 0 Å². The summed E-state index contributed by atoms with van der Waals surface area (Å²) in [6.07, 6.45) is 13.7. The Morgan fingerprint density at radius 1 is 1.00 bits per heavy atom. The summed E-state index contributed by atoms with van der Waals surface area (Å²) in [6, 6.07) is 0. The Morgan fingerprint density at radius 3 is 2.25 bits per heavy atom.